The van der Waals surface area contributed by atoms with Gasteiger partial charge < -0.3 is 19.5 Å². The molecule has 1 heterocycles. The van der Waals surface area contributed by atoms with Crippen molar-refractivity contribution in [1.82, 2.24) is 10.6 Å². The van der Waals surface area contributed by atoms with Gasteiger partial charge >= 0.3 is 12.0 Å². The Bertz CT molecular complexity index is 669. The first kappa shape index (κ1) is 17.3. The third-order valence-electron chi connectivity index (χ3n) is 2.83. The third kappa shape index (κ3) is 5.31. The molecular weight excluding hydrogens is 316 g/mol. The number of nitrogens with one attached hydrogen (secondary N) is 2. The second-order valence-electron chi connectivity index (χ2n) is 5.23. The maximum atomic E-state index is 11.6. The van der Waals surface area contributed by atoms with Crippen molar-refractivity contribution >= 4 is 24.0 Å². The minimum absolute atomic E-state index is 0.106. The molecule has 0 saturated carbocycles. The molecule has 0 unspecified atom stereocenters. The summed E-state index contributed by atoms with van der Waals surface area (Å²) < 4.78 is 15.2. The number of fused-ring (bicyclic) bond motifs is 1. The van der Waals surface area contributed by atoms with E-state index >= 15 is 0 Å². The highest BCUT2D eigenvalue weighted by Crippen LogP contribution is 2.32. The molecule has 0 fully saturated rings. The van der Waals surface area contributed by atoms with Crippen LogP contribution in [0.3, 0.4) is 0 Å². The number of esters is 1. The van der Waals surface area contributed by atoms with Crippen molar-refractivity contribution in [3.8, 4) is 11.5 Å². The van der Waals surface area contributed by atoms with Crippen LogP contribution in [0.15, 0.2) is 24.3 Å². The predicted molar refractivity (Wildman–Crippen MR) is 84.4 cm³/mol. The van der Waals surface area contributed by atoms with Gasteiger partial charge in [0.15, 0.2) is 18.1 Å². The van der Waals surface area contributed by atoms with Crippen LogP contribution in [0.5, 0.6) is 11.5 Å². The van der Waals surface area contributed by atoms with Crippen LogP contribution in [-0.4, -0.2) is 37.3 Å². The summed E-state index contributed by atoms with van der Waals surface area (Å²) in [6.45, 7) is 3.13. The van der Waals surface area contributed by atoms with Gasteiger partial charge in [-0.2, -0.15) is 0 Å². The second-order valence-corrected chi connectivity index (χ2v) is 5.23. The molecule has 8 heteroatoms. The van der Waals surface area contributed by atoms with Crippen LogP contribution in [0.2, 0.25) is 0 Å². The average Bonchev–Trinajstić information content (AvgIpc) is 2.97. The number of ether oxygens (including phenoxy) is 3. The Hall–Kier alpha value is -3.03. The van der Waals surface area contributed by atoms with E-state index in [2.05, 4.69) is 5.32 Å². The van der Waals surface area contributed by atoms with Crippen molar-refractivity contribution in [2.45, 2.75) is 19.9 Å². The molecule has 1 aromatic carbocycles. The molecule has 0 atom stereocenters. The van der Waals surface area contributed by atoms with Crippen LogP contribution in [-0.2, 0) is 14.3 Å². The molecule has 0 spiro atoms. The molecule has 128 valence electrons. The van der Waals surface area contributed by atoms with Gasteiger partial charge in [0.05, 0.1) is 0 Å². The summed E-state index contributed by atoms with van der Waals surface area (Å²) in [4.78, 5) is 34.3. The molecule has 1 aliphatic heterocycles. The second kappa shape index (κ2) is 8.00. The van der Waals surface area contributed by atoms with E-state index in [1.165, 1.54) is 12.2 Å². The zero-order valence-corrected chi connectivity index (χ0v) is 13.3. The molecule has 0 bridgehead atoms. The van der Waals surface area contributed by atoms with E-state index in [1.807, 2.05) is 5.32 Å². The van der Waals surface area contributed by atoms with Gasteiger partial charge in [0.25, 0.3) is 5.91 Å². The smallest absolute Gasteiger partial charge is 0.331 e. The molecule has 0 aromatic heterocycles. The summed E-state index contributed by atoms with van der Waals surface area (Å²) in [5.41, 5.74) is 0.719. The first-order valence-corrected chi connectivity index (χ1v) is 7.29. The van der Waals surface area contributed by atoms with Crippen LogP contribution < -0.4 is 20.1 Å². The fraction of sp³-hybridized carbons (Fsp3) is 0.312. The minimum atomic E-state index is -0.710. The van der Waals surface area contributed by atoms with Crippen LogP contribution in [0.1, 0.15) is 19.4 Å². The van der Waals surface area contributed by atoms with E-state index in [-0.39, 0.29) is 12.8 Å². The predicted octanol–water partition coefficient (Wildman–Crippen LogP) is 1.21. The summed E-state index contributed by atoms with van der Waals surface area (Å²) in [6.07, 6.45) is 2.70. The molecule has 0 aliphatic carbocycles. The highest BCUT2D eigenvalue weighted by atomic mass is 16.7. The maximum Gasteiger partial charge on any atom is 0.331 e. The highest BCUT2D eigenvalue weighted by Gasteiger charge is 2.13. The van der Waals surface area contributed by atoms with E-state index in [0.29, 0.717) is 11.5 Å². The Labute approximate surface area is 138 Å². The third-order valence-corrected chi connectivity index (χ3v) is 2.83. The van der Waals surface area contributed by atoms with E-state index in [9.17, 15) is 14.4 Å². The molecule has 8 nitrogen and oxygen atoms in total. The number of rotatable bonds is 5. The maximum absolute atomic E-state index is 11.6. The number of hydrogen-bond acceptors (Lipinski definition) is 6. The van der Waals surface area contributed by atoms with Crippen LogP contribution >= 0.6 is 0 Å². The largest absolute Gasteiger partial charge is 0.454 e. The lowest BCUT2D eigenvalue weighted by atomic mass is 10.2. The zero-order valence-electron chi connectivity index (χ0n) is 13.3. The van der Waals surface area contributed by atoms with Crippen molar-refractivity contribution in [2.75, 3.05) is 13.4 Å². The number of amides is 3. The Balaban J connectivity index is 1.76. The fourth-order valence-electron chi connectivity index (χ4n) is 1.83. The first-order chi connectivity index (χ1) is 11.4. The number of benzene rings is 1. The summed E-state index contributed by atoms with van der Waals surface area (Å²) in [5, 5.41) is 4.53. The molecule has 0 saturated heterocycles. The molecule has 0 radical (unpaired) electrons. The molecule has 2 N–H and O–H groups in total. The summed E-state index contributed by atoms with van der Waals surface area (Å²) in [6, 6.07) is 4.45. The van der Waals surface area contributed by atoms with Crippen molar-refractivity contribution < 1.29 is 28.6 Å². The molecule has 1 aromatic rings. The van der Waals surface area contributed by atoms with E-state index in [4.69, 9.17) is 14.2 Å². The molecule has 1 aliphatic rings. The Morgan fingerprint density at radius 2 is 2.00 bits per heavy atom. The zero-order chi connectivity index (χ0) is 17.5. The Morgan fingerprint density at radius 1 is 1.25 bits per heavy atom. The number of imide groups is 1. The Morgan fingerprint density at radius 3 is 2.75 bits per heavy atom. The van der Waals surface area contributed by atoms with Gasteiger partial charge in [0, 0.05) is 12.1 Å². The monoisotopic (exact) mass is 334 g/mol. The van der Waals surface area contributed by atoms with Crippen LogP contribution in [0, 0.1) is 0 Å². The molecular formula is C16H18N2O6. The van der Waals surface area contributed by atoms with Gasteiger partial charge in [-0.15, -0.1) is 0 Å². The number of urea groups is 1. The Kier molecular flexibility index (Phi) is 5.78. The number of hydrogen-bond donors (Lipinski definition) is 2. The lowest BCUT2D eigenvalue weighted by Crippen LogP contribution is -2.43. The number of carbonyl (C=O) groups is 3. The van der Waals surface area contributed by atoms with E-state index in [0.717, 1.165) is 5.56 Å². The van der Waals surface area contributed by atoms with E-state index < -0.39 is 24.5 Å². The summed E-state index contributed by atoms with van der Waals surface area (Å²) in [7, 11) is 0. The summed E-state index contributed by atoms with van der Waals surface area (Å²) in [5.74, 6) is -0.169. The van der Waals surface area contributed by atoms with Gasteiger partial charge in [-0.3, -0.25) is 10.1 Å². The van der Waals surface area contributed by atoms with Crippen molar-refractivity contribution in [2.24, 2.45) is 0 Å². The van der Waals surface area contributed by atoms with Gasteiger partial charge in [-0.25, -0.2) is 9.59 Å². The van der Waals surface area contributed by atoms with Crippen molar-refractivity contribution in [3.05, 3.63) is 29.8 Å². The van der Waals surface area contributed by atoms with E-state index in [1.54, 1.807) is 32.0 Å². The lowest BCUT2D eigenvalue weighted by Gasteiger charge is -2.08. The molecule has 3 amide bonds. The topological polar surface area (TPSA) is 103 Å². The molecule has 24 heavy (non-hydrogen) atoms. The van der Waals surface area contributed by atoms with Crippen LogP contribution in [0.25, 0.3) is 6.08 Å². The standard InChI is InChI=1S/C16H18N2O6/c1-10(2)17-16(21)18-14(19)8-22-15(20)6-4-11-3-5-12-13(7-11)24-9-23-12/h3-7,10H,8-9H2,1-2H3,(H2,17,18,19,21)/b6-4+. The minimum Gasteiger partial charge on any atom is -0.454 e. The van der Waals surface area contributed by atoms with Gasteiger partial charge in [0.1, 0.15) is 0 Å². The summed E-state index contributed by atoms with van der Waals surface area (Å²) >= 11 is 0. The fourth-order valence-corrected chi connectivity index (χ4v) is 1.83. The van der Waals surface area contributed by atoms with Gasteiger partial charge in [0.2, 0.25) is 6.79 Å². The number of carbonyl (C=O) groups excluding carboxylic acids is 3. The first-order valence-electron chi connectivity index (χ1n) is 7.29. The molecule has 2 rings (SSSR count). The average molecular weight is 334 g/mol. The van der Waals surface area contributed by atoms with Crippen molar-refractivity contribution in [1.29, 1.82) is 0 Å². The normalized spacial score (nSPS) is 12.3. The lowest BCUT2D eigenvalue weighted by molar-refractivity contribution is -0.143. The van der Waals surface area contributed by atoms with Crippen molar-refractivity contribution in [3.63, 3.8) is 0 Å². The quantitative estimate of drug-likeness (QED) is 0.620. The SMILES string of the molecule is CC(C)NC(=O)NC(=O)COC(=O)/C=C/c1ccc2c(c1)OCO2. The van der Waals surface area contributed by atoms with Gasteiger partial charge in [-0.05, 0) is 37.6 Å². The van der Waals surface area contributed by atoms with Crippen LogP contribution in [0.4, 0.5) is 4.79 Å². The van der Waals surface area contributed by atoms with Gasteiger partial charge in [-0.1, -0.05) is 6.07 Å². The highest BCUT2D eigenvalue weighted by molar-refractivity contribution is 5.96.